The van der Waals surface area contributed by atoms with E-state index in [4.69, 9.17) is 19.9 Å². The lowest BCUT2D eigenvalue weighted by atomic mass is 9.68. The molecule has 2 unspecified atom stereocenters. The number of methoxy groups -OCH3 is 1. The van der Waals surface area contributed by atoms with Gasteiger partial charge >= 0.3 is 11.9 Å². The van der Waals surface area contributed by atoms with Crippen LogP contribution in [-0.2, 0) is 30.2 Å². The van der Waals surface area contributed by atoms with Crippen LogP contribution in [0.4, 0.5) is 0 Å². The lowest BCUT2D eigenvalue weighted by Gasteiger charge is -2.36. The molecule has 1 aliphatic rings. The van der Waals surface area contributed by atoms with Crippen LogP contribution in [0, 0.1) is 5.41 Å². The lowest BCUT2D eigenvalue weighted by Crippen LogP contribution is -2.51. The Hall–Kier alpha value is -1.92. The van der Waals surface area contributed by atoms with Gasteiger partial charge in [-0.2, -0.15) is 0 Å². The molecule has 0 spiro atoms. The Kier molecular flexibility index (Phi) is 6.56. The van der Waals surface area contributed by atoms with E-state index in [2.05, 4.69) is 0 Å². The van der Waals surface area contributed by atoms with Crippen molar-refractivity contribution in [2.45, 2.75) is 38.6 Å². The number of hydrogen-bond donors (Lipinski definition) is 1. The van der Waals surface area contributed by atoms with Crippen molar-refractivity contribution >= 4 is 11.9 Å². The highest BCUT2D eigenvalue weighted by molar-refractivity contribution is 6.01. The second kappa shape index (κ2) is 8.45. The van der Waals surface area contributed by atoms with Crippen LogP contribution in [0.1, 0.15) is 37.3 Å². The SMILES string of the molecule is CCOCCC(C(=O)OC)(C(=O)OCC)[C@@H]1c2ccccc2CC1N. The van der Waals surface area contributed by atoms with Gasteiger partial charge in [-0.15, -0.1) is 0 Å². The number of ether oxygens (including phenoxy) is 3. The molecule has 1 aliphatic carbocycles. The van der Waals surface area contributed by atoms with Crippen molar-refractivity contribution < 1.29 is 23.8 Å². The summed E-state index contributed by atoms with van der Waals surface area (Å²) in [6.07, 6.45) is 0.771. The number of nitrogens with two attached hydrogens (primary N) is 1. The summed E-state index contributed by atoms with van der Waals surface area (Å²) < 4.78 is 15.8. The molecule has 0 heterocycles. The summed E-state index contributed by atoms with van der Waals surface area (Å²) >= 11 is 0. The molecule has 0 bridgehead atoms. The van der Waals surface area contributed by atoms with Gasteiger partial charge in [0.1, 0.15) is 0 Å². The first-order chi connectivity index (χ1) is 12.0. The number of hydrogen-bond acceptors (Lipinski definition) is 6. The van der Waals surface area contributed by atoms with Crippen molar-refractivity contribution in [3.63, 3.8) is 0 Å². The van der Waals surface area contributed by atoms with E-state index in [1.54, 1.807) is 6.92 Å². The van der Waals surface area contributed by atoms with Crippen molar-refractivity contribution in [3.05, 3.63) is 35.4 Å². The molecule has 6 nitrogen and oxygen atoms in total. The maximum atomic E-state index is 13.0. The fraction of sp³-hybridized carbons (Fsp3) is 0.579. The predicted octanol–water partition coefficient (Wildman–Crippen LogP) is 1.80. The summed E-state index contributed by atoms with van der Waals surface area (Å²) in [6.45, 7) is 4.49. The average Bonchev–Trinajstić information content (AvgIpc) is 2.95. The van der Waals surface area contributed by atoms with Gasteiger partial charge in [0.05, 0.1) is 13.7 Å². The molecular formula is C19H27NO5. The van der Waals surface area contributed by atoms with Gasteiger partial charge in [0.15, 0.2) is 5.41 Å². The minimum Gasteiger partial charge on any atom is -0.468 e. The maximum Gasteiger partial charge on any atom is 0.324 e. The minimum absolute atomic E-state index is 0.166. The highest BCUT2D eigenvalue weighted by atomic mass is 16.6. The quantitative estimate of drug-likeness (QED) is 0.437. The normalized spacial score (nSPS) is 21.3. The molecule has 0 amide bonds. The summed E-state index contributed by atoms with van der Waals surface area (Å²) in [7, 11) is 1.28. The van der Waals surface area contributed by atoms with E-state index < -0.39 is 23.3 Å². The van der Waals surface area contributed by atoms with Crippen LogP contribution in [0.5, 0.6) is 0 Å². The first kappa shape index (κ1) is 19.4. The smallest absolute Gasteiger partial charge is 0.324 e. The summed E-state index contributed by atoms with van der Waals surface area (Å²) in [4.78, 5) is 25.8. The molecule has 1 aromatic carbocycles. The van der Waals surface area contributed by atoms with E-state index in [-0.39, 0.29) is 25.7 Å². The molecule has 3 atom stereocenters. The fourth-order valence-corrected chi connectivity index (χ4v) is 3.77. The Bertz CT molecular complexity index is 618. The second-order valence-corrected chi connectivity index (χ2v) is 6.17. The summed E-state index contributed by atoms with van der Waals surface area (Å²) in [5.74, 6) is -1.72. The molecular weight excluding hydrogens is 322 g/mol. The zero-order chi connectivity index (χ0) is 18.4. The number of benzene rings is 1. The Morgan fingerprint density at radius 3 is 2.56 bits per heavy atom. The maximum absolute atomic E-state index is 13.0. The van der Waals surface area contributed by atoms with E-state index in [0.717, 1.165) is 11.1 Å². The zero-order valence-electron chi connectivity index (χ0n) is 15.1. The Morgan fingerprint density at radius 2 is 1.92 bits per heavy atom. The molecule has 138 valence electrons. The topological polar surface area (TPSA) is 87.8 Å². The molecule has 6 heteroatoms. The average molecular weight is 349 g/mol. The Labute approximate surface area is 148 Å². The zero-order valence-corrected chi connectivity index (χ0v) is 15.1. The minimum atomic E-state index is -1.51. The third kappa shape index (κ3) is 3.55. The van der Waals surface area contributed by atoms with E-state index >= 15 is 0 Å². The lowest BCUT2D eigenvalue weighted by molar-refractivity contribution is -0.175. The molecule has 2 N–H and O–H groups in total. The highest BCUT2D eigenvalue weighted by Crippen LogP contribution is 2.48. The first-order valence-electron chi connectivity index (χ1n) is 8.69. The molecule has 0 saturated heterocycles. The first-order valence-corrected chi connectivity index (χ1v) is 8.69. The third-order valence-electron chi connectivity index (χ3n) is 4.84. The molecule has 0 saturated carbocycles. The molecule has 2 rings (SSSR count). The van der Waals surface area contributed by atoms with Crippen LogP contribution in [0.25, 0.3) is 0 Å². The third-order valence-corrected chi connectivity index (χ3v) is 4.84. The van der Waals surface area contributed by atoms with E-state index in [9.17, 15) is 9.59 Å². The highest BCUT2D eigenvalue weighted by Gasteiger charge is 2.58. The van der Waals surface area contributed by atoms with Gasteiger partial charge in [-0.25, -0.2) is 0 Å². The van der Waals surface area contributed by atoms with Crippen LogP contribution >= 0.6 is 0 Å². The van der Waals surface area contributed by atoms with Gasteiger partial charge in [0, 0.05) is 25.2 Å². The fourth-order valence-electron chi connectivity index (χ4n) is 3.77. The van der Waals surface area contributed by atoms with E-state index in [1.165, 1.54) is 7.11 Å². The van der Waals surface area contributed by atoms with Gasteiger partial charge in [-0.05, 0) is 37.8 Å². The molecule has 1 aromatic rings. The van der Waals surface area contributed by atoms with Crippen molar-refractivity contribution in [1.29, 1.82) is 0 Å². The van der Waals surface area contributed by atoms with Gasteiger partial charge in [-0.3, -0.25) is 9.59 Å². The standard InChI is InChI=1S/C19H27NO5/c1-4-24-11-10-19(17(21)23-3,18(22)25-5-2)16-14-9-7-6-8-13(14)12-15(16)20/h6-9,15-16H,4-5,10-12,20H2,1-3H3/t15?,16-,19?/m1/s1. The van der Waals surface area contributed by atoms with Crippen molar-refractivity contribution in [3.8, 4) is 0 Å². The molecule has 0 radical (unpaired) electrons. The van der Waals surface area contributed by atoms with Gasteiger partial charge in [-0.1, -0.05) is 24.3 Å². The number of carbonyl (C=O) groups is 2. The molecule has 0 aliphatic heterocycles. The van der Waals surface area contributed by atoms with Gasteiger partial charge in [0.25, 0.3) is 0 Å². The van der Waals surface area contributed by atoms with Crippen LogP contribution in [0.15, 0.2) is 24.3 Å². The number of rotatable bonds is 8. The monoisotopic (exact) mass is 349 g/mol. The molecule has 0 fully saturated rings. The number of fused-ring (bicyclic) bond motifs is 1. The summed E-state index contributed by atoms with van der Waals surface area (Å²) in [6, 6.07) is 7.34. The molecule has 25 heavy (non-hydrogen) atoms. The summed E-state index contributed by atoms with van der Waals surface area (Å²) in [5.41, 5.74) is 6.84. The Morgan fingerprint density at radius 1 is 1.20 bits per heavy atom. The largest absolute Gasteiger partial charge is 0.468 e. The number of carbonyl (C=O) groups excluding carboxylic acids is 2. The van der Waals surface area contributed by atoms with Crippen molar-refractivity contribution in [1.82, 2.24) is 0 Å². The van der Waals surface area contributed by atoms with Crippen LogP contribution in [-0.4, -0.2) is 44.9 Å². The second-order valence-electron chi connectivity index (χ2n) is 6.17. The van der Waals surface area contributed by atoms with Gasteiger partial charge < -0.3 is 19.9 Å². The van der Waals surface area contributed by atoms with Crippen LogP contribution in [0.2, 0.25) is 0 Å². The van der Waals surface area contributed by atoms with Crippen molar-refractivity contribution in [2.24, 2.45) is 11.1 Å². The van der Waals surface area contributed by atoms with Crippen LogP contribution in [0.3, 0.4) is 0 Å². The van der Waals surface area contributed by atoms with Crippen molar-refractivity contribution in [2.75, 3.05) is 26.9 Å². The summed E-state index contributed by atoms with van der Waals surface area (Å²) in [5, 5.41) is 0. The number of esters is 2. The Balaban J connectivity index is 2.55. The van der Waals surface area contributed by atoms with E-state index in [1.807, 2.05) is 31.2 Å². The van der Waals surface area contributed by atoms with Crippen LogP contribution < -0.4 is 5.73 Å². The molecule has 0 aromatic heterocycles. The van der Waals surface area contributed by atoms with Gasteiger partial charge in [0.2, 0.25) is 0 Å². The predicted molar refractivity (Wildman–Crippen MR) is 93.1 cm³/mol. The van der Waals surface area contributed by atoms with E-state index in [0.29, 0.717) is 13.0 Å².